The third kappa shape index (κ3) is 12.2. The van der Waals surface area contributed by atoms with Gasteiger partial charge in [-0.15, -0.1) is 0 Å². The summed E-state index contributed by atoms with van der Waals surface area (Å²) in [6.45, 7) is 2.19. The van der Waals surface area contributed by atoms with E-state index in [-0.39, 0.29) is 0 Å². The van der Waals surface area contributed by atoms with Crippen LogP contribution in [0.2, 0.25) is 0 Å². The molecule has 1 heterocycles. The summed E-state index contributed by atoms with van der Waals surface area (Å²) in [6.07, 6.45) is 8.00. The van der Waals surface area contributed by atoms with Gasteiger partial charge in [0.2, 0.25) is 0 Å². The van der Waals surface area contributed by atoms with E-state index in [0.29, 0.717) is 0 Å². The molecular weight excluding hydrogens is 210 g/mol. The van der Waals surface area contributed by atoms with E-state index in [9.17, 15) is 0 Å². The van der Waals surface area contributed by atoms with Crippen molar-refractivity contribution in [3.8, 4) is 5.40 Å². The van der Waals surface area contributed by atoms with Crippen molar-refractivity contribution in [2.24, 2.45) is 0 Å². The number of thiocyanates is 1. The quantitative estimate of drug-likeness (QED) is 0.521. The van der Waals surface area contributed by atoms with Crippen molar-refractivity contribution in [1.29, 1.82) is 5.26 Å². The standard InChI is InChI=1S/C7H13NS.C4H8S/c1-2-3-4-5-6-9-7-8;1-2-4-5-3-1/h2-6H2,1H3;1-4H2. The lowest BCUT2D eigenvalue weighted by atomic mass is 10.2. The maximum Gasteiger partial charge on any atom is 0.133 e. The van der Waals surface area contributed by atoms with E-state index in [2.05, 4.69) is 24.1 Å². The molecule has 0 aromatic heterocycles. The molecule has 0 aliphatic carbocycles. The minimum atomic E-state index is 1.01. The Morgan fingerprint density at radius 2 is 1.93 bits per heavy atom. The number of nitriles is 1. The predicted molar refractivity (Wildman–Crippen MR) is 68.8 cm³/mol. The van der Waals surface area contributed by atoms with Gasteiger partial charge in [0, 0.05) is 5.75 Å². The summed E-state index contributed by atoms with van der Waals surface area (Å²) < 4.78 is 0. The summed E-state index contributed by atoms with van der Waals surface area (Å²) in [5.41, 5.74) is 0. The Morgan fingerprint density at radius 3 is 2.36 bits per heavy atom. The molecule has 0 radical (unpaired) electrons. The fourth-order valence-corrected chi connectivity index (χ4v) is 2.62. The third-order valence-electron chi connectivity index (χ3n) is 1.99. The highest BCUT2D eigenvalue weighted by atomic mass is 32.2. The van der Waals surface area contributed by atoms with Gasteiger partial charge in [-0.3, -0.25) is 0 Å². The average Bonchev–Trinajstić information content (AvgIpc) is 2.76. The van der Waals surface area contributed by atoms with Crippen LogP contribution in [0, 0.1) is 10.7 Å². The third-order valence-corrected chi connectivity index (χ3v) is 3.77. The van der Waals surface area contributed by atoms with Crippen LogP contribution in [-0.4, -0.2) is 17.3 Å². The van der Waals surface area contributed by atoms with Crippen molar-refractivity contribution in [2.45, 2.75) is 45.4 Å². The first-order valence-electron chi connectivity index (χ1n) is 5.50. The molecule has 0 bridgehead atoms. The van der Waals surface area contributed by atoms with Gasteiger partial charge in [0.05, 0.1) is 0 Å². The number of unbranched alkanes of at least 4 members (excludes halogenated alkanes) is 3. The van der Waals surface area contributed by atoms with E-state index in [4.69, 9.17) is 5.26 Å². The Balaban J connectivity index is 0.000000280. The number of hydrogen-bond acceptors (Lipinski definition) is 3. The highest BCUT2D eigenvalue weighted by Crippen LogP contribution is 2.14. The van der Waals surface area contributed by atoms with Crippen molar-refractivity contribution in [3.63, 3.8) is 0 Å². The summed E-state index contributed by atoms with van der Waals surface area (Å²) in [4.78, 5) is 0. The molecule has 1 aliphatic heterocycles. The molecule has 3 heteroatoms. The fourth-order valence-electron chi connectivity index (χ4n) is 1.16. The Bertz CT molecular complexity index is 131. The number of hydrogen-bond donors (Lipinski definition) is 0. The molecule has 0 saturated carbocycles. The molecule has 0 aromatic rings. The summed E-state index contributed by atoms with van der Waals surface area (Å²) in [7, 11) is 0. The second-order valence-electron chi connectivity index (χ2n) is 3.32. The van der Waals surface area contributed by atoms with Crippen LogP contribution in [0.15, 0.2) is 0 Å². The van der Waals surface area contributed by atoms with Crippen LogP contribution in [0.3, 0.4) is 0 Å². The maximum absolute atomic E-state index is 8.14. The van der Waals surface area contributed by atoms with Gasteiger partial charge in [-0.05, 0) is 42.5 Å². The van der Waals surface area contributed by atoms with Crippen LogP contribution in [0.5, 0.6) is 0 Å². The van der Waals surface area contributed by atoms with E-state index in [1.165, 1.54) is 61.8 Å². The van der Waals surface area contributed by atoms with Gasteiger partial charge >= 0.3 is 0 Å². The van der Waals surface area contributed by atoms with Gasteiger partial charge in [0.1, 0.15) is 5.40 Å². The second kappa shape index (κ2) is 13.2. The summed E-state index contributed by atoms with van der Waals surface area (Å²) in [6, 6.07) is 0. The molecular formula is C11H21NS2. The van der Waals surface area contributed by atoms with E-state index >= 15 is 0 Å². The summed E-state index contributed by atoms with van der Waals surface area (Å²) >= 11 is 3.44. The minimum absolute atomic E-state index is 1.01. The second-order valence-corrected chi connectivity index (χ2v) is 5.42. The summed E-state index contributed by atoms with van der Waals surface area (Å²) in [5, 5.41) is 10.2. The lowest BCUT2D eigenvalue weighted by Gasteiger charge is -1.92. The van der Waals surface area contributed by atoms with Crippen molar-refractivity contribution in [3.05, 3.63) is 0 Å². The van der Waals surface area contributed by atoms with E-state index in [1.807, 2.05) is 0 Å². The van der Waals surface area contributed by atoms with E-state index in [1.54, 1.807) is 0 Å². The molecule has 1 rings (SSSR count). The van der Waals surface area contributed by atoms with Crippen LogP contribution in [-0.2, 0) is 0 Å². The molecule has 1 nitrogen and oxygen atoms in total. The van der Waals surface area contributed by atoms with Gasteiger partial charge in [-0.2, -0.15) is 17.0 Å². The first kappa shape index (κ1) is 14.2. The molecule has 0 N–H and O–H groups in total. The van der Waals surface area contributed by atoms with Crippen molar-refractivity contribution >= 4 is 23.5 Å². The Labute approximate surface area is 97.0 Å². The van der Waals surface area contributed by atoms with Crippen LogP contribution in [0.4, 0.5) is 0 Å². The Hall–Kier alpha value is 0.190. The molecule has 0 atom stereocenters. The van der Waals surface area contributed by atoms with Crippen LogP contribution < -0.4 is 0 Å². The predicted octanol–water partition coefficient (Wildman–Crippen LogP) is 4.29. The van der Waals surface area contributed by atoms with Gasteiger partial charge in [-0.1, -0.05) is 26.2 Å². The lowest BCUT2D eigenvalue weighted by Crippen LogP contribution is -1.77. The lowest BCUT2D eigenvalue weighted by molar-refractivity contribution is 0.707. The molecule has 0 amide bonds. The van der Waals surface area contributed by atoms with Crippen molar-refractivity contribution in [2.75, 3.05) is 17.3 Å². The fraction of sp³-hybridized carbons (Fsp3) is 0.909. The SMILES string of the molecule is C1CCSC1.CCCCCCSC#N. The normalized spacial score (nSPS) is 14.3. The number of rotatable bonds is 5. The van der Waals surface area contributed by atoms with Crippen molar-refractivity contribution in [1.82, 2.24) is 0 Å². The zero-order chi connectivity index (χ0) is 10.5. The Morgan fingerprint density at radius 1 is 1.21 bits per heavy atom. The Kier molecular flexibility index (Phi) is 13.4. The molecule has 0 unspecified atom stereocenters. The molecule has 14 heavy (non-hydrogen) atoms. The topological polar surface area (TPSA) is 23.8 Å². The highest BCUT2D eigenvalue weighted by Gasteiger charge is 1.95. The zero-order valence-electron chi connectivity index (χ0n) is 9.13. The number of nitrogens with zero attached hydrogens (tertiary/aromatic N) is 1. The van der Waals surface area contributed by atoms with Gasteiger partial charge < -0.3 is 0 Å². The van der Waals surface area contributed by atoms with Gasteiger partial charge in [0.15, 0.2) is 0 Å². The van der Waals surface area contributed by atoms with Crippen molar-refractivity contribution < 1.29 is 0 Å². The monoisotopic (exact) mass is 231 g/mol. The van der Waals surface area contributed by atoms with Gasteiger partial charge in [0.25, 0.3) is 0 Å². The smallest absolute Gasteiger partial charge is 0.133 e. The zero-order valence-corrected chi connectivity index (χ0v) is 10.8. The molecule has 82 valence electrons. The number of thioether (sulfide) groups is 2. The first-order valence-corrected chi connectivity index (χ1v) is 7.64. The van der Waals surface area contributed by atoms with Gasteiger partial charge in [-0.25, -0.2) is 0 Å². The molecule has 1 aliphatic rings. The summed E-state index contributed by atoms with van der Waals surface area (Å²) in [5.74, 6) is 3.84. The van der Waals surface area contributed by atoms with Crippen LogP contribution in [0.1, 0.15) is 45.4 Å². The van der Waals surface area contributed by atoms with Crippen LogP contribution in [0.25, 0.3) is 0 Å². The minimum Gasteiger partial charge on any atom is -0.185 e. The highest BCUT2D eigenvalue weighted by molar-refractivity contribution is 8.03. The molecule has 1 saturated heterocycles. The molecule has 1 fully saturated rings. The maximum atomic E-state index is 8.14. The van der Waals surface area contributed by atoms with E-state index in [0.717, 1.165) is 5.75 Å². The largest absolute Gasteiger partial charge is 0.185 e. The molecule has 0 spiro atoms. The van der Waals surface area contributed by atoms with Crippen LogP contribution >= 0.6 is 23.5 Å². The average molecular weight is 231 g/mol. The first-order chi connectivity index (χ1) is 6.91. The van der Waals surface area contributed by atoms with E-state index < -0.39 is 0 Å². The molecule has 0 aromatic carbocycles.